The fraction of sp³-hybridized carbons (Fsp3) is 0.516. The average Bonchev–Trinajstić information content (AvgIpc) is 3.49. The molecule has 1 aromatic heterocycles. The van der Waals surface area contributed by atoms with Crippen molar-refractivity contribution < 1.29 is 28.5 Å². The number of anilines is 1. The minimum atomic E-state index is -0.644. The molecule has 0 atom stereocenters. The van der Waals surface area contributed by atoms with Crippen LogP contribution in [-0.4, -0.2) is 62.6 Å². The van der Waals surface area contributed by atoms with Crippen LogP contribution in [0.1, 0.15) is 58.9 Å². The number of rotatable bonds is 5. The average molecular weight is 537 g/mol. The van der Waals surface area contributed by atoms with E-state index in [4.69, 9.17) is 23.7 Å². The van der Waals surface area contributed by atoms with E-state index in [-0.39, 0.29) is 5.92 Å². The fourth-order valence-corrected chi connectivity index (χ4v) is 5.74. The molecule has 2 saturated heterocycles. The van der Waals surface area contributed by atoms with Gasteiger partial charge in [0.25, 0.3) is 0 Å². The molecule has 2 aliphatic rings. The van der Waals surface area contributed by atoms with Crippen LogP contribution in [0.3, 0.4) is 0 Å². The summed E-state index contributed by atoms with van der Waals surface area (Å²) in [7, 11) is 3.23. The molecule has 8 nitrogen and oxygen atoms in total. The Labute approximate surface area is 230 Å². The summed E-state index contributed by atoms with van der Waals surface area (Å²) in [6.45, 7) is 13.0. The highest BCUT2D eigenvalue weighted by Gasteiger charge is 2.40. The molecule has 5 rings (SSSR count). The molecule has 0 radical (unpaired) electrons. The van der Waals surface area contributed by atoms with E-state index in [0.717, 1.165) is 59.3 Å². The number of ether oxygens (including phenoxy) is 5. The van der Waals surface area contributed by atoms with Crippen LogP contribution in [0.25, 0.3) is 22.2 Å². The second-order valence-corrected chi connectivity index (χ2v) is 11.6. The Morgan fingerprint density at radius 2 is 1.62 bits per heavy atom. The highest BCUT2D eigenvalue weighted by atomic mass is 16.7. The molecule has 39 heavy (non-hydrogen) atoms. The maximum absolute atomic E-state index is 13.8. The third kappa shape index (κ3) is 5.20. The van der Waals surface area contributed by atoms with Crippen LogP contribution in [0.5, 0.6) is 11.5 Å². The zero-order valence-electron chi connectivity index (χ0n) is 24.1. The van der Waals surface area contributed by atoms with Crippen molar-refractivity contribution in [2.75, 3.05) is 45.4 Å². The molecular weight excluding hydrogens is 496 g/mol. The number of hydrogen-bond acceptors (Lipinski definition) is 7. The van der Waals surface area contributed by atoms with E-state index in [1.54, 1.807) is 18.8 Å². The number of hydrogen-bond donors (Lipinski definition) is 0. The van der Waals surface area contributed by atoms with E-state index < -0.39 is 17.5 Å². The standard InChI is InChI=1S/C31H40N2O6/c1-20(2)27-23-19-22(32-14-12-31(13-15-32)37-16-17-38-31)9-10-24(23)33(29(34)39-30(3,4)5)28(27)21-8-11-25(35-6)26(18-21)36-7/h8-11,18-20H,12-17H2,1-7H3. The monoisotopic (exact) mass is 536 g/mol. The molecule has 1 spiro atoms. The van der Waals surface area contributed by atoms with Crippen molar-refractivity contribution in [3.8, 4) is 22.8 Å². The zero-order valence-corrected chi connectivity index (χ0v) is 24.1. The Balaban J connectivity index is 1.66. The van der Waals surface area contributed by atoms with Gasteiger partial charge in [-0.05, 0) is 68.7 Å². The molecular formula is C31H40N2O6. The van der Waals surface area contributed by atoms with Crippen LogP contribution in [0.15, 0.2) is 36.4 Å². The first-order valence-electron chi connectivity index (χ1n) is 13.7. The van der Waals surface area contributed by atoms with Gasteiger partial charge in [0.15, 0.2) is 17.3 Å². The summed E-state index contributed by atoms with van der Waals surface area (Å²) in [4.78, 5) is 16.1. The maximum Gasteiger partial charge on any atom is 0.419 e. The Kier molecular flexibility index (Phi) is 7.29. The molecule has 210 valence electrons. The molecule has 2 fully saturated rings. The first kappa shape index (κ1) is 27.3. The molecule has 3 heterocycles. The van der Waals surface area contributed by atoms with Crippen LogP contribution in [0.4, 0.5) is 10.5 Å². The summed E-state index contributed by atoms with van der Waals surface area (Å²) < 4.78 is 30.6. The van der Waals surface area contributed by atoms with E-state index in [0.29, 0.717) is 24.7 Å². The molecule has 0 saturated carbocycles. The quantitative estimate of drug-likeness (QED) is 0.365. The van der Waals surface area contributed by atoms with Gasteiger partial charge < -0.3 is 28.6 Å². The Morgan fingerprint density at radius 3 is 2.21 bits per heavy atom. The van der Waals surface area contributed by atoms with Crippen LogP contribution in [-0.2, 0) is 14.2 Å². The van der Waals surface area contributed by atoms with Gasteiger partial charge in [0, 0.05) is 42.6 Å². The molecule has 2 aromatic carbocycles. The van der Waals surface area contributed by atoms with Crippen molar-refractivity contribution >= 4 is 22.7 Å². The van der Waals surface area contributed by atoms with Gasteiger partial charge in [-0.15, -0.1) is 0 Å². The van der Waals surface area contributed by atoms with Crippen LogP contribution in [0, 0.1) is 0 Å². The molecule has 0 unspecified atom stereocenters. The number of benzene rings is 2. The SMILES string of the molecule is COc1ccc(-c2c(C(C)C)c3cc(N4CCC5(CC4)OCCO5)ccc3n2C(=O)OC(C)(C)C)cc1OC. The molecule has 0 N–H and O–H groups in total. The van der Waals surface area contributed by atoms with Gasteiger partial charge in [-0.1, -0.05) is 13.8 Å². The first-order chi connectivity index (χ1) is 18.6. The van der Waals surface area contributed by atoms with Gasteiger partial charge in [-0.3, -0.25) is 0 Å². The van der Waals surface area contributed by atoms with Crippen molar-refractivity contribution in [3.63, 3.8) is 0 Å². The summed E-state index contributed by atoms with van der Waals surface area (Å²) in [5, 5.41) is 1.03. The highest BCUT2D eigenvalue weighted by molar-refractivity contribution is 6.01. The summed E-state index contributed by atoms with van der Waals surface area (Å²) in [6, 6.07) is 12.1. The van der Waals surface area contributed by atoms with Gasteiger partial charge in [-0.2, -0.15) is 0 Å². The zero-order chi connectivity index (χ0) is 27.9. The van der Waals surface area contributed by atoms with Crippen molar-refractivity contribution in [2.45, 2.75) is 64.8 Å². The number of methoxy groups -OCH3 is 2. The lowest BCUT2D eigenvalue weighted by Crippen LogP contribution is -2.45. The van der Waals surface area contributed by atoms with E-state index in [9.17, 15) is 4.79 Å². The molecule has 3 aromatic rings. The van der Waals surface area contributed by atoms with E-state index >= 15 is 0 Å². The minimum Gasteiger partial charge on any atom is -0.493 e. The van der Waals surface area contributed by atoms with Gasteiger partial charge in [0.1, 0.15) is 5.60 Å². The van der Waals surface area contributed by atoms with Gasteiger partial charge in [0.05, 0.1) is 38.6 Å². The third-order valence-corrected chi connectivity index (χ3v) is 7.50. The fourth-order valence-electron chi connectivity index (χ4n) is 5.74. The van der Waals surface area contributed by atoms with Gasteiger partial charge >= 0.3 is 6.09 Å². The number of nitrogens with zero attached hydrogens (tertiary/aromatic N) is 2. The van der Waals surface area contributed by atoms with E-state index in [1.807, 2.05) is 45.0 Å². The van der Waals surface area contributed by atoms with Crippen molar-refractivity contribution in [1.82, 2.24) is 4.57 Å². The molecule has 2 aliphatic heterocycles. The summed E-state index contributed by atoms with van der Waals surface area (Å²) in [5.74, 6) is 0.946. The predicted octanol–water partition coefficient (Wildman–Crippen LogP) is 6.58. The molecule has 0 bridgehead atoms. The van der Waals surface area contributed by atoms with Crippen LogP contribution in [0.2, 0.25) is 0 Å². The van der Waals surface area contributed by atoms with Crippen LogP contribution >= 0.6 is 0 Å². The topological polar surface area (TPSA) is 71.4 Å². The molecule has 0 aliphatic carbocycles. The normalized spacial score (nSPS) is 17.3. The number of carbonyl (C=O) groups is 1. The Morgan fingerprint density at radius 1 is 0.949 bits per heavy atom. The predicted molar refractivity (Wildman–Crippen MR) is 152 cm³/mol. The summed E-state index contributed by atoms with van der Waals surface area (Å²) in [6.07, 6.45) is 1.25. The molecule has 8 heteroatoms. The van der Waals surface area contributed by atoms with E-state index in [1.165, 1.54) is 0 Å². The number of carbonyl (C=O) groups excluding carboxylic acids is 1. The molecule has 0 amide bonds. The van der Waals surface area contributed by atoms with Crippen molar-refractivity contribution in [1.29, 1.82) is 0 Å². The number of aromatic nitrogens is 1. The van der Waals surface area contributed by atoms with Crippen molar-refractivity contribution in [3.05, 3.63) is 42.0 Å². The third-order valence-electron chi connectivity index (χ3n) is 7.50. The minimum absolute atomic E-state index is 0.138. The summed E-state index contributed by atoms with van der Waals surface area (Å²) >= 11 is 0. The second-order valence-electron chi connectivity index (χ2n) is 11.6. The maximum atomic E-state index is 13.8. The lowest BCUT2D eigenvalue weighted by Gasteiger charge is -2.38. The lowest BCUT2D eigenvalue weighted by molar-refractivity contribution is -0.169. The lowest BCUT2D eigenvalue weighted by atomic mass is 9.95. The number of piperidine rings is 1. The summed E-state index contributed by atoms with van der Waals surface area (Å²) in [5.41, 5.74) is 4.04. The van der Waals surface area contributed by atoms with Crippen LogP contribution < -0.4 is 14.4 Å². The highest BCUT2D eigenvalue weighted by Crippen LogP contribution is 2.43. The largest absolute Gasteiger partial charge is 0.493 e. The van der Waals surface area contributed by atoms with Gasteiger partial charge in [-0.25, -0.2) is 9.36 Å². The first-order valence-corrected chi connectivity index (χ1v) is 13.7. The number of fused-ring (bicyclic) bond motifs is 1. The Bertz CT molecular complexity index is 1350. The van der Waals surface area contributed by atoms with E-state index in [2.05, 4.69) is 30.9 Å². The second kappa shape index (κ2) is 10.4. The Hall–Kier alpha value is -3.23. The van der Waals surface area contributed by atoms with Gasteiger partial charge in [0.2, 0.25) is 0 Å². The van der Waals surface area contributed by atoms with Crippen molar-refractivity contribution in [2.24, 2.45) is 0 Å². The smallest absolute Gasteiger partial charge is 0.419 e.